The SMILES string of the molecule is C[C@]1(CO)CCC[C@]2(C)[C@@H]1[C@H](OC(=O)c1ccccc1)C[C@H]1C(=O)OC[C@@]12O. The minimum Gasteiger partial charge on any atom is -0.462 e. The highest BCUT2D eigenvalue weighted by Gasteiger charge is 2.71. The van der Waals surface area contributed by atoms with Crippen molar-refractivity contribution >= 4 is 11.9 Å². The molecule has 28 heavy (non-hydrogen) atoms. The van der Waals surface area contributed by atoms with Gasteiger partial charge in [0.05, 0.1) is 11.5 Å². The van der Waals surface area contributed by atoms with Gasteiger partial charge in [-0.3, -0.25) is 4.79 Å². The van der Waals surface area contributed by atoms with Gasteiger partial charge in [-0.15, -0.1) is 0 Å². The van der Waals surface area contributed by atoms with Crippen molar-refractivity contribution in [2.24, 2.45) is 22.7 Å². The largest absolute Gasteiger partial charge is 0.462 e. The van der Waals surface area contributed by atoms with Gasteiger partial charge in [-0.05, 0) is 30.4 Å². The lowest BCUT2D eigenvalue weighted by molar-refractivity contribution is -0.238. The molecule has 0 aromatic heterocycles. The van der Waals surface area contributed by atoms with Crippen molar-refractivity contribution < 1.29 is 29.3 Å². The molecular weight excluding hydrogens is 360 g/mol. The van der Waals surface area contributed by atoms with Gasteiger partial charge in [-0.1, -0.05) is 38.5 Å². The maximum Gasteiger partial charge on any atom is 0.338 e. The molecule has 1 heterocycles. The summed E-state index contributed by atoms with van der Waals surface area (Å²) < 4.78 is 11.2. The van der Waals surface area contributed by atoms with Crippen LogP contribution >= 0.6 is 0 Å². The zero-order valence-corrected chi connectivity index (χ0v) is 16.4. The molecule has 0 radical (unpaired) electrons. The fourth-order valence-corrected chi connectivity index (χ4v) is 6.16. The Morgan fingerprint density at radius 3 is 2.64 bits per heavy atom. The van der Waals surface area contributed by atoms with Gasteiger partial charge in [0.1, 0.15) is 18.3 Å². The van der Waals surface area contributed by atoms with Gasteiger partial charge >= 0.3 is 11.9 Å². The van der Waals surface area contributed by atoms with Crippen LogP contribution in [0.4, 0.5) is 0 Å². The third-order valence-electron chi connectivity index (χ3n) is 7.63. The Morgan fingerprint density at radius 2 is 1.96 bits per heavy atom. The minimum absolute atomic E-state index is 0.0373. The van der Waals surface area contributed by atoms with Crippen molar-refractivity contribution in [1.29, 1.82) is 0 Å². The molecule has 0 amide bonds. The number of cyclic esters (lactones) is 1. The molecule has 4 rings (SSSR count). The Bertz CT molecular complexity index is 778. The van der Waals surface area contributed by atoms with Crippen LogP contribution in [0.25, 0.3) is 0 Å². The summed E-state index contributed by atoms with van der Waals surface area (Å²) in [6.45, 7) is 3.84. The predicted octanol–water partition coefficient (Wildman–Crippen LogP) is 2.32. The molecule has 6 atom stereocenters. The van der Waals surface area contributed by atoms with E-state index in [0.29, 0.717) is 12.0 Å². The Kier molecular flexibility index (Phi) is 4.55. The average Bonchev–Trinajstić information content (AvgIpc) is 2.98. The number of aliphatic hydroxyl groups is 2. The summed E-state index contributed by atoms with van der Waals surface area (Å²) in [4.78, 5) is 25.2. The molecule has 0 unspecified atom stereocenters. The van der Waals surface area contributed by atoms with E-state index in [1.807, 2.05) is 19.9 Å². The summed E-state index contributed by atoms with van der Waals surface area (Å²) in [6, 6.07) is 8.75. The van der Waals surface area contributed by atoms with E-state index in [9.17, 15) is 19.8 Å². The Hall–Kier alpha value is -1.92. The van der Waals surface area contributed by atoms with Crippen LogP contribution < -0.4 is 0 Å². The molecule has 3 fully saturated rings. The van der Waals surface area contributed by atoms with Gasteiger partial charge in [0, 0.05) is 24.4 Å². The topological polar surface area (TPSA) is 93.1 Å². The van der Waals surface area contributed by atoms with E-state index < -0.39 is 40.4 Å². The zero-order chi connectivity index (χ0) is 20.2. The van der Waals surface area contributed by atoms with E-state index in [2.05, 4.69) is 0 Å². The zero-order valence-electron chi connectivity index (χ0n) is 16.4. The summed E-state index contributed by atoms with van der Waals surface area (Å²) >= 11 is 0. The molecular formula is C22H28O6. The molecule has 1 aliphatic heterocycles. The fourth-order valence-electron chi connectivity index (χ4n) is 6.16. The third-order valence-corrected chi connectivity index (χ3v) is 7.63. The number of benzene rings is 1. The average molecular weight is 388 g/mol. The van der Waals surface area contributed by atoms with E-state index >= 15 is 0 Å². The molecule has 6 heteroatoms. The summed E-state index contributed by atoms with van der Waals surface area (Å²) in [6.07, 6.45) is 1.93. The van der Waals surface area contributed by atoms with Crippen LogP contribution in [0.15, 0.2) is 30.3 Å². The quantitative estimate of drug-likeness (QED) is 0.772. The molecule has 2 N–H and O–H groups in total. The third kappa shape index (κ3) is 2.61. The second kappa shape index (κ2) is 6.56. The van der Waals surface area contributed by atoms with Gasteiger partial charge in [-0.2, -0.15) is 0 Å². The highest BCUT2D eigenvalue weighted by molar-refractivity contribution is 5.89. The number of carbonyl (C=O) groups excluding carboxylic acids is 2. The summed E-state index contributed by atoms with van der Waals surface area (Å²) in [5.41, 5.74) is -2.07. The Labute approximate surface area is 164 Å². The molecule has 6 nitrogen and oxygen atoms in total. The van der Waals surface area contributed by atoms with Crippen LogP contribution in [-0.2, 0) is 14.3 Å². The maximum atomic E-state index is 12.8. The number of carbonyl (C=O) groups is 2. The molecule has 152 valence electrons. The number of hydrogen-bond acceptors (Lipinski definition) is 6. The number of rotatable bonds is 3. The molecule has 1 aromatic carbocycles. The van der Waals surface area contributed by atoms with Gasteiger partial charge in [-0.25, -0.2) is 4.79 Å². The molecule has 2 aliphatic carbocycles. The lowest BCUT2D eigenvalue weighted by atomic mass is 9.44. The molecule has 1 saturated heterocycles. The molecule has 3 aliphatic rings. The fraction of sp³-hybridized carbons (Fsp3) is 0.636. The number of aliphatic hydroxyl groups excluding tert-OH is 1. The van der Waals surface area contributed by atoms with E-state index in [-0.39, 0.29) is 25.6 Å². The summed E-state index contributed by atoms with van der Waals surface area (Å²) in [5, 5.41) is 21.8. The van der Waals surface area contributed by atoms with Crippen molar-refractivity contribution in [2.45, 2.75) is 51.2 Å². The van der Waals surface area contributed by atoms with E-state index in [1.165, 1.54) is 0 Å². The first-order valence-electron chi connectivity index (χ1n) is 10.0. The number of hydrogen-bond donors (Lipinski definition) is 2. The molecule has 0 bridgehead atoms. The van der Waals surface area contributed by atoms with Crippen LogP contribution in [-0.4, -0.2) is 47.1 Å². The standard InChI is InChI=1S/C22H28O6/c1-20(12-23)9-6-10-21(2)17(20)16(11-15-19(25)27-13-22(15,21)26)28-18(24)14-7-4-3-5-8-14/h3-5,7-8,15-17,23,26H,6,9-13H2,1-2H3/t15-,16+,17+,20+,21+,22+/m0/s1. The van der Waals surface area contributed by atoms with Crippen LogP contribution in [0.5, 0.6) is 0 Å². The van der Waals surface area contributed by atoms with Crippen LogP contribution in [0.2, 0.25) is 0 Å². The smallest absolute Gasteiger partial charge is 0.338 e. The van der Waals surface area contributed by atoms with Crippen molar-refractivity contribution in [3.8, 4) is 0 Å². The van der Waals surface area contributed by atoms with Crippen LogP contribution in [0.3, 0.4) is 0 Å². The predicted molar refractivity (Wildman–Crippen MR) is 100 cm³/mol. The Morgan fingerprint density at radius 1 is 1.25 bits per heavy atom. The number of fused-ring (bicyclic) bond motifs is 3. The first kappa shape index (κ1) is 19.4. The van der Waals surface area contributed by atoms with Crippen LogP contribution in [0, 0.1) is 22.7 Å². The first-order valence-corrected chi connectivity index (χ1v) is 10.0. The van der Waals surface area contributed by atoms with Crippen molar-refractivity contribution in [1.82, 2.24) is 0 Å². The normalized spacial score (nSPS) is 42.3. The van der Waals surface area contributed by atoms with Gasteiger partial charge < -0.3 is 19.7 Å². The monoisotopic (exact) mass is 388 g/mol. The van der Waals surface area contributed by atoms with Crippen LogP contribution in [0.1, 0.15) is 49.9 Å². The first-order chi connectivity index (χ1) is 13.2. The highest BCUT2D eigenvalue weighted by atomic mass is 16.6. The van der Waals surface area contributed by atoms with E-state index in [1.54, 1.807) is 24.3 Å². The van der Waals surface area contributed by atoms with Crippen molar-refractivity contribution in [3.63, 3.8) is 0 Å². The second-order valence-corrected chi connectivity index (χ2v) is 9.19. The number of ether oxygens (including phenoxy) is 2. The Balaban J connectivity index is 1.74. The van der Waals surface area contributed by atoms with Gasteiger partial charge in [0.15, 0.2) is 0 Å². The lowest BCUT2D eigenvalue weighted by Crippen LogP contribution is -2.68. The van der Waals surface area contributed by atoms with Gasteiger partial charge in [0.2, 0.25) is 0 Å². The second-order valence-electron chi connectivity index (χ2n) is 9.19. The van der Waals surface area contributed by atoms with E-state index in [4.69, 9.17) is 9.47 Å². The van der Waals surface area contributed by atoms with E-state index in [0.717, 1.165) is 12.8 Å². The molecule has 1 aromatic rings. The van der Waals surface area contributed by atoms with Gasteiger partial charge in [0.25, 0.3) is 0 Å². The molecule has 2 saturated carbocycles. The molecule has 0 spiro atoms. The van der Waals surface area contributed by atoms with Crippen molar-refractivity contribution in [3.05, 3.63) is 35.9 Å². The lowest BCUT2D eigenvalue weighted by Gasteiger charge is -2.62. The highest BCUT2D eigenvalue weighted by Crippen LogP contribution is 2.64. The number of esters is 2. The van der Waals surface area contributed by atoms with Crippen molar-refractivity contribution in [2.75, 3.05) is 13.2 Å². The summed E-state index contributed by atoms with van der Waals surface area (Å²) in [5.74, 6) is -1.87. The summed E-state index contributed by atoms with van der Waals surface area (Å²) in [7, 11) is 0. The minimum atomic E-state index is -1.30. The maximum absolute atomic E-state index is 12.8.